The maximum absolute atomic E-state index is 12.7. The molecule has 166 valence electrons. The largest absolute Gasteiger partial charge is 0.493 e. The molecule has 2 rings (SSSR count). The molecular weight excluding hydrogens is 422 g/mol. The van der Waals surface area contributed by atoms with Gasteiger partial charge >= 0.3 is 5.97 Å². The first kappa shape index (κ1) is 23.9. The Morgan fingerprint density at radius 3 is 2.39 bits per heavy atom. The van der Waals surface area contributed by atoms with Gasteiger partial charge in [-0.1, -0.05) is 32.0 Å². The van der Waals surface area contributed by atoms with Crippen molar-refractivity contribution >= 4 is 35.0 Å². The van der Waals surface area contributed by atoms with Crippen LogP contribution in [0.2, 0.25) is 0 Å². The van der Waals surface area contributed by atoms with Crippen molar-refractivity contribution in [2.24, 2.45) is 5.92 Å². The van der Waals surface area contributed by atoms with Crippen LogP contribution in [0.25, 0.3) is 0 Å². The highest BCUT2D eigenvalue weighted by molar-refractivity contribution is 7.12. The van der Waals surface area contributed by atoms with Crippen molar-refractivity contribution in [1.29, 1.82) is 0 Å². The number of carbonyl (C=O) groups excluding carboxylic acids is 4. The minimum atomic E-state index is -0.976. The third kappa shape index (κ3) is 7.10. The summed E-state index contributed by atoms with van der Waals surface area (Å²) in [6.07, 6.45) is 0. The van der Waals surface area contributed by atoms with E-state index in [0.29, 0.717) is 17.2 Å². The Bertz CT molecular complexity index is 914. The van der Waals surface area contributed by atoms with E-state index < -0.39 is 36.3 Å². The van der Waals surface area contributed by atoms with E-state index in [0.717, 1.165) is 0 Å². The van der Waals surface area contributed by atoms with Crippen LogP contribution in [-0.4, -0.2) is 42.9 Å². The van der Waals surface area contributed by atoms with Crippen LogP contribution >= 0.6 is 11.3 Å². The molecule has 0 saturated heterocycles. The molecule has 0 spiro atoms. The average Bonchev–Trinajstić information content (AvgIpc) is 3.29. The van der Waals surface area contributed by atoms with Crippen LogP contribution < -0.4 is 20.9 Å². The molecule has 1 aromatic carbocycles. The smallest absolute Gasteiger partial charge is 0.329 e. The summed E-state index contributed by atoms with van der Waals surface area (Å²) in [6.45, 7) is 5.05. The van der Waals surface area contributed by atoms with Crippen molar-refractivity contribution in [3.8, 4) is 5.75 Å². The number of esters is 1. The molecule has 0 unspecified atom stereocenters. The molecule has 0 aliphatic rings. The number of carbonyl (C=O) groups is 4. The van der Waals surface area contributed by atoms with E-state index >= 15 is 0 Å². The van der Waals surface area contributed by atoms with Crippen molar-refractivity contribution in [2.75, 3.05) is 13.2 Å². The SMILES string of the molecule is CCOc1ccccc1C(=O)N[C@H](C(=O)OCC(=O)NNC(=O)c1cccs1)C(C)C. The predicted octanol–water partition coefficient (Wildman–Crippen LogP) is 1.91. The van der Waals surface area contributed by atoms with Gasteiger partial charge in [0.2, 0.25) is 0 Å². The zero-order chi connectivity index (χ0) is 22.8. The standard InChI is InChI=1S/C21H25N3O6S/c1-4-29-15-9-6-5-8-14(15)19(26)22-18(13(2)3)21(28)30-12-17(25)23-24-20(27)16-10-7-11-31-16/h5-11,13,18H,4,12H2,1-3H3,(H,22,26)(H,23,25)(H,24,27)/t18-/m0/s1. The van der Waals surface area contributed by atoms with Gasteiger partial charge in [0, 0.05) is 0 Å². The van der Waals surface area contributed by atoms with Crippen LogP contribution in [-0.2, 0) is 14.3 Å². The number of amides is 3. The number of rotatable bonds is 9. The minimum absolute atomic E-state index is 0.289. The topological polar surface area (TPSA) is 123 Å². The van der Waals surface area contributed by atoms with Gasteiger partial charge in [-0.2, -0.15) is 0 Å². The third-order valence-corrected chi connectivity index (χ3v) is 4.91. The van der Waals surface area contributed by atoms with E-state index in [9.17, 15) is 19.2 Å². The van der Waals surface area contributed by atoms with Crippen molar-refractivity contribution < 1.29 is 28.7 Å². The molecule has 3 N–H and O–H groups in total. The Morgan fingerprint density at radius 2 is 1.74 bits per heavy atom. The van der Waals surface area contributed by atoms with Gasteiger partial charge in [0.1, 0.15) is 11.8 Å². The first-order valence-corrected chi connectivity index (χ1v) is 10.5. The monoisotopic (exact) mass is 447 g/mol. The van der Waals surface area contributed by atoms with E-state index in [1.807, 2.05) is 0 Å². The molecule has 9 nitrogen and oxygen atoms in total. The number of nitrogens with one attached hydrogen (secondary N) is 3. The average molecular weight is 448 g/mol. The number of thiophene rings is 1. The number of hydrogen-bond donors (Lipinski definition) is 3. The van der Waals surface area contributed by atoms with Crippen molar-refractivity contribution in [3.63, 3.8) is 0 Å². The summed E-state index contributed by atoms with van der Waals surface area (Å²) in [6, 6.07) is 9.02. The number of hydrogen-bond acceptors (Lipinski definition) is 7. The molecule has 0 aliphatic heterocycles. The highest BCUT2D eigenvalue weighted by Gasteiger charge is 2.27. The van der Waals surface area contributed by atoms with E-state index in [2.05, 4.69) is 16.2 Å². The van der Waals surface area contributed by atoms with E-state index in [4.69, 9.17) is 9.47 Å². The van der Waals surface area contributed by atoms with Gasteiger partial charge in [0.15, 0.2) is 6.61 Å². The minimum Gasteiger partial charge on any atom is -0.493 e. The first-order chi connectivity index (χ1) is 14.8. The lowest BCUT2D eigenvalue weighted by molar-refractivity contribution is -0.151. The van der Waals surface area contributed by atoms with Crippen LogP contribution in [0, 0.1) is 5.92 Å². The summed E-state index contributed by atoms with van der Waals surface area (Å²) in [4.78, 5) is 49.2. The van der Waals surface area contributed by atoms with Crippen LogP contribution in [0.5, 0.6) is 5.75 Å². The summed E-state index contributed by atoms with van der Waals surface area (Å²) >= 11 is 1.22. The third-order valence-electron chi connectivity index (χ3n) is 4.04. The Kier molecular flexibility index (Phi) is 9.01. The van der Waals surface area contributed by atoms with Gasteiger partial charge in [-0.25, -0.2) is 4.79 Å². The summed E-state index contributed by atoms with van der Waals surface area (Å²) in [5.41, 5.74) is 4.69. The van der Waals surface area contributed by atoms with Crippen molar-refractivity contribution in [2.45, 2.75) is 26.8 Å². The fourth-order valence-electron chi connectivity index (χ4n) is 2.51. The second kappa shape index (κ2) is 11.7. The van der Waals surface area contributed by atoms with E-state index in [-0.39, 0.29) is 11.5 Å². The summed E-state index contributed by atoms with van der Waals surface area (Å²) in [5, 5.41) is 4.36. The fourth-order valence-corrected chi connectivity index (χ4v) is 3.13. The van der Waals surface area contributed by atoms with Gasteiger partial charge < -0.3 is 14.8 Å². The molecule has 10 heteroatoms. The Labute approximate surface area is 184 Å². The molecule has 1 atom stereocenters. The van der Waals surface area contributed by atoms with Crippen LogP contribution in [0.1, 0.15) is 40.8 Å². The maximum Gasteiger partial charge on any atom is 0.329 e. The Morgan fingerprint density at radius 1 is 1.00 bits per heavy atom. The summed E-state index contributed by atoms with van der Waals surface area (Å²) < 4.78 is 10.5. The second-order valence-corrected chi connectivity index (χ2v) is 7.66. The van der Waals surface area contributed by atoms with Gasteiger partial charge in [-0.3, -0.25) is 25.2 Å². The summed E-state index contributed by atoms with van der Waals surface area (Å²) in [7, 11) is 0. The van der Waals surface area contributed by atoms with Crippen LogP contribution in [0.15, 0.2) is 41.8 Å². The molecule has 31 heavy (non-hydrogen) atoms. The van der Waals surface area contributed by atoms with Crippen molar-refractivity contribution in [1.82, 2.24) is 16.2 Å². The van der Waals surface area contributed by atoms with E-state index in [1.54, 1.807) is 62.5 Å². The van der Waals surface area contributed by atoms with Gasteiger partial charge in [0.25, 0.3) is 17.7 Å². The second-order valence-electron chi connectivity index (χ2n) is 6.71. The maximum atomic E-state index is 12.7. The molecule has 0 fully saturated rings. The van der Waals surface area contributed by atoms with Gasteiger partial charge in [-0.15, -0.1) is 11.3 Å². The molecule has 0 radical (unpaired) electrons. The number of benzene rings is 1. The molecule has 0 saturated carbocycles. The van der Waals surface area contributed by atoms with Crippen LogP contribution in [0.4, 0.5) is 0 Å². The zero-order valence-electron chi connectivity index (χ0n) is 17.5. The lowest BCUT2D eigenvalue weighted by Gasteiger charge is -2.21. The quantitative estimate of drug-likeness (QED) is 0.399. The van der Waals surface area contributed by atoms with E-state index in [1.165, 1.54) is 11.3 Å². The summed E-state index contributed by atoms with van der Waals surface area (Å²) in [5.74, 6) is -2.34. The number of hydrazine groups is 1. The first-order valence-electron chi connectivity index (χ1n) is 9.65. The lowest BCUT2D eigenvalue weighted by Crippen LogP contribution is -2.47. The van der Waals surface area contributed by atoms with Gasteiger partial charge in [0.05, 0.1) is 17.0 Å². The molecular formula is C21H25N3O6S. The predicted molar refractivity (Wildman–Crippen MR) is 115 cm³/mol. The van der Waals surface area contributed by atoms with Gasteiger partial charge in [-0.05, 0) is 36.4 Å². The molecule has 1 aromatic heterocycles. The molecule has 2 aromatic rings. The van der Waals surface area contributed by atoms with Crippen molar-refractivity contribution in [3.05, 3.63) is 52.2 Å². The molecule has 0 aliphatic carbocycles. The molecule has 3 amide bonds. The lowest BCUT2D eigenvalue weighted by atomic mass is 10.0. The Hall–Kier alpha value is -3.40. The molecule has 1 heterocycles. The normalized spacial score (nSPS) is 11.4. The Balaban J connectivity index is 1.89. The number of para-hydroxylation sites is 1. The zero-order valence-corrected chi connectivity index (χ0v) is 18.3. The fraction of sp³-hybridized carbons (Fsp3) is 0.333. The molecule has 0 bridgehead atoms. The highest BCUT2D eigenvalue weighted by atomic mass is 32.1. The number of ether oxygens (including phenoxy) is 2. The highest BCUT2D eigenvalue weighted by Crippen LogP contribution is 2.18. The van der Waals surface area contributed by atoms with Crippen LogP contribution in [0.3, 0.4) is 0 Å².